The fourth-order valence-electron chi connectivity index (χ4n) is 2.43. The minimum absolute atomic E-state index is 0.178. The molecule has 110 valence electrons. The number of rotatable bonds is 3. The van der Waals surface area contributed by atoms with Crippen molar-refractivity contribution < 1.29 is 23.4 Å². The van der Waals surface area contributed by atoms with Gasteiger partial charge in [0.2, 0.25) is 12.6 Å². The monoisotopic (exact) mass is 296 g/mol. The molecule has 0 saturated heterocycles. The van der Waals surface area contributed by atoms with E-state index < -0.39 is 0 Å². The molecule has 0 bridgehead atoms. The van der Waals surface area contributed by atoms with Crippen molar-refractivity contribution in [2.45, 2.75) is 0 Å². The summed E-state index contributed by atoms with van der Waals surface area (Å²) in [6.45, 7) is 0.178. The standard InChI is InChI=1S/C17H12O5/c1-19-12-4-2-10-6-16(22-14(10)8-12)17(18)11-3-5-13-15(7-11)21-9-20-13/h2-8H,9H2,1H3. The average molecular weight is 296 g/mol. The summed E-state index contributed by atoms with van der Waals surface area (Å²) in [7, 11) is 1.59. The zero-order valence-corrected chi connectivity index (χ0v) is 11.8. The van der Waals surface area contributed by atoms with Crippen LogP contribution in [0.4, 0.5) is 0 Å². The van der Waals surface area contributed by atoms with E-state index in [9.17, 15) is 4.79 Å². The predicted molar refractivity (Wildman–Crippen MR) is 78.8 cm³/mol. The Balaban J connectivity index is 1.73. The molecule has 4 rings (SSSR count). The summed E-state index contributed by atoms with van der Waals surface area (Å²) in [5.41, 5.74) is 1.11. The molecule has 1 aromatic heterocycles. The summed E-state index contributed by atoms with van der Waals surface area (Å²) in [6.07, 6.45) is 0. The van der Waals surface area contributed by atoms with Gasteiger partial charge in [-0.2, -0.15) is 0 Å². The van der Waals surface area contributed by atoms with Gasteiger partial charge in [0.1, 0.15) is 11.3 Å². The Morgan fingerprint density at radius 1 is 1.05 bits per heavy atom. The van der Waals surface area contributed by atoms with Gasteiger partial charge < -0.3 is 18.6 Å². The van der Waals surface area contributed by atoms with Crippen molar-refractivity contribution in [3.05, 3.63) is 53.8 Å². The van der Waals surface area contributed by atoms with Crippen LogP contribution in [-0.4, -0.2) is 19.7 Å². The lowest BCUT2D eigenvalue weighted by Gasteiger charge is -2.00. The molecule has 2 heterocycles. The molecule has 0 fully saturated rings. The maximum atomic E-state index is 12.5. The van der Waals surface area contributed by atoms with E-state index in [-0.39, 0.29) is 18.3 Å². The van der Waals surface area contributed by atoms with Crippen molar-refractivity contribution in [1.29, 1.82) is 0 Å². The van der Waals surface area contributed by atoms with Crippen LogP contribution in [0, 0.1) is 0 Å². The average Bonchev–Trinajstić information content (AvgIpc) is 3.18. The van der Waals surface area contributed by atoms with E-state index in [4.69, 9.17) is 18.6 Å². The first-order chi connectivity index (χ1) is 10.7. The first kappa shape index (κ1) is 12.8. The van der Waals surface area contributed by atoms with Crippen molar-refractivity contribution in [1.82, 2.24) is 0 Å². The van der Waals surface area contributed by atoms with Crippen LogP contribution in [0.2, 0.25) is 0 Å². The second kappa shape index (κ2) is 4.80. The second-order valence-corrected chi connectivity index (χ2v) is 4.91. The molecule has 0 N–H and O–H groups in total. The minimum Gasteiger partial charge on any atom is -0.497 e. The summed E-state index contributed by atoms with van der Waals surface area (Å²) in [6, 6.07) is 12.2. The van der Waals surface area contributed by atoms with Gasteiger partial charge >= 0.3 is 0 Å². The van der Waals surface area contributed by atoms with E-state index in [0.29, 0.717) is 28.4 Å². The highest BCUT2D eigenvalue weighted by Crippen LogP contribution is 2.33. The van der Waals surface area contributed by atoms with Crippen LogP contribution in [0.25, 0.3) is 11.0 Å². The maximum Gasteiger partial charge on any atom is 0.231 e. The van der Waals surface area contributed by atoms with Crippen LogP contribution in [0.15, 0.2) is 46.9 Å². The van der Waals surface area contributed by atoms with Crippen molar-refractivity contribution in [3.63, 3.8) is 0 Å². The molecule has 0 unspecified atom stereocenters. The zero-order valence-electron chi connectivity index (χ0n) is 11.8. The molecule has 1 aliphatic heterocycles. The Labute approximate surface area is 126 Å². The van der Waals surface area contributed by atoms with E-state index in [1.54, 1.807) is 37.4 Å². The SMILES string of the molecule is COc1ccc2cc(C(=O)c3ccc4c(c3)OCO4)oc2c1. The van der Waals surface area contributed by atoms with Gasteiger partial charge in [-0.3, -0.25) is 4.79 Å². The lowest BCUT2D eigenvalue weighted by Crippen LogP contribution is -1.99. The third-order valence-electron chi connectivity index (χ3n) is 3.59. The Morgan fingerprint density at radius 2 is 1.91 bits per heavy atom. The quantitative estimate of drug-likeness (QED) is 0.693. The Morgan fingerprint density at radius 3 is 2.77 bits per heavy atom. The van der Waals surface area contributed by atoms with Crippen molar-refractivity contribution >= 4 is 16.8 Å². The maximum absolute atomic E-state index is 12.5. The molecule has 0 saturated carbocycles. The Bertz CT molecular complexity index is 878. The van der Waals surface area contributed by atoms with Gasteiger partial charge in [0.15, 0.2) is 17.3 Å². The zero-order chi connectivity index (χ0) is 15.1. The van der Waals surface area contributed by atoms with Gasteiger partial charge in [0.05, 0.1) is 7.11 Å². The molecule has 0 atom stereocenters. The van der Waals surface area contributed by atoms with E-state index in [2.05, 4.69) is 0 Å². The summed E-state index contributed by atoms with van der Waals surface area (Å²) in [5, 5.41) is 0.852. The van der Waals surface area contributed by atoms with Crippen LogP contribution >= 0.6 is 0 Å². The molecule has 5 nitrogen and oxygen atoms in total. The van der Waals surface area contributed by atoms with Gasteiger partial charge in [-0.15, -0.1) is 0 Å². The number of furan rings is 1. The number of carbonyl (C=O) groups excluding carboxylic acids is 1. The molecule has 1 aliphatic rings. The predicted octanol–water partition coefficient (Wildman–Crippen LogP) is 3.40. The molecular weight excluding hydrogens is 284 g/mol. The van der Waals surface area contributed by atoms with Crippen molar-refractivity contribution in [2.75, 3.05) is 13.9 Å². The van der Waals surface area contributed by atoms with E-state index >= 15 is 0 Å². The number of fused-ring (bicyclic) bond motifs is 2. The first-order valence-electron chi connectivity index (χ1n) is 6.76. The second-order valence-electron chi connectivity index (χ2n) is 4.91. The van der Waals surface area contributed by atoms with Gasteiger partial charge in [-0.1, -0.05) is 0 Å². The van der Waals surface area contributed by atoms with Gasteiger partial charge in [-0.05, 0) is 36.4 Å². The number of methoxy groups -OCH3 is 1. The molecule has 5 heteroatoms. The first-order valence-corrected chi connectivity index (χ1v) is 6.76. The third kappa shape index (κ3) is 1.98. The number of carbonyl (C=O) groups is 1. The van der Waals surface area contributed by atoms with E-state index in [1.807, 2.05) is 12.1 Å². The third-order valence-corrected chi connectivity index (χ3v) is 3.59. The molecule has 2 aromatic carbocycles. The van der Waals surface area contributed by atoms with Crippen molar-refractivity contribution in [2.24, 2.45) is 0 Å². The normalized spacial score (nSPS) is 12.6. The highest BCUT2D eigenvalue weighted by atomic mass is 16.7. The molecule has 3 aromatic rings. The van der Waals surface area contributed by atoms with E-state index in [0.717, 1.165) is 5.39 Å². The minimum atomic E-state index is -0.200. The molecule has 0 radical (unpaired) electrons. The summed E-state index contributed by atoms with van der Waals surface area (Å²) in [5.74, 6) is 1.98. The molecule has 0 amide bonds. The smallest absolute Gasteiger partial charge is 0.231 e. The van der Waals surface area contributed by atoms with Gasteiger partial charge in [0, 0.05) is 17.0 Å². The topological polar surface area (TPSA) is 57.9 Å². The van der Waals surface area contributed by atoms with Crippen LogP contribution in [0.1, 0.15) is 16.1 Å². The summed E-state index contributed by atoms with van der Waals surface area (Å²) in [4.78, 5) is 12.5. The lowest BCUT2D eigenvalue weighted by atomic mass is 10.1. The highest BCUT2D eigenvalue weighted by molar-refractivity contribution is 6.09. The number of hydrogen-bond donors (Lipinski definition) is 0. The molecular formula is C17H12O5. The summed E-state index contributed by atoms with van der Waals surface area (Å²) >= 11 is 0. The number of ketones is 1. The number of ether oxygens (including phenoxy) is 3. The van der Waals surface area contributed by atoms with Crippen molar-refractivity contribution in [3.8, 4) is 17.2 Å². The summed E-state index contributed by atoms with van der Waals surface area (Å²) < 4.78 is 21.3. The van der Waals surface area contributed by atoms with E-state index in [1.165, 1.54) is 0 Å². The highest BCUT2D eigenvalue weighted by Gasteiger charge is 2.19. The van der Waals surface area contributed by atoms with Gasteiger partial charge in [-0.25, -0.2) is 0 Å². The lowest BCUT2D eigenvalue weighted by molar-refractivity contribution is 0.101. The Hall–Kier alpha value is -2.95. The fourth-order valence-corrected chi connectivity index (χ4v) is 2.43. The Kier molecular flexibility index (Phi) is 2.79. The number of benzene rings is 2. The van der Waals surface area contributed by atoms with Gasteiger partial charge in [0.25, 0.3) is 0 Å². The molecule has 0 spiro atoms. The molecule has 22 heavy (non-hydrogen) atoms. The van der Waals surface area contributed by atoms with Crippen LogP contribution in [0.3, 0.4) is 0 Å². The number of hydrogen-bond acceptors (Lipinski definition) is 5. The van der Waals surface area contributed by atoms with Crippen LogP contribution in [0.5, 0.6) is 17.2 Å². The largest absolute Gasteiger partial charge is 0.497 e. The van der Waals surface area contributed by atoms with Crippen LogP contribution in [-0.2, 0) is 0 Å². The fraction of sp³-hybridized carbons (Fsp3) is 0.118. The molecule has 0 aliphatic carbocycles. The van der Waals surface area contributed by atoms with Crippen LogP contribution < -0.4 is 14.2 Å².